The largest absolute Gasteiger partial charge is 0.478 e. The van der Waals surface area contributed by atoms with Gasteiger partial charge in [0.05, 0.1) is 16.7 Å². The number of nitrogens with two attached hydrogens (primary N) is 1. The van der Waals surface area contributed by atoms with Crippen LogP contribution in [0.4, 0.5) is 5.69 Å². The van der Waals surface area contributed by atoms with E-state index >= 15 is 0 Å². The first-order chi connectivity index (χ1) is 14.3. The van der Waals surface area contributed by atoms with E-state index < -0.39 is 11.4 Å². The molecule has 2 aromatic carbocycles. The van der Waals surface area contributed by atoms with E-state index in [1.807, 2.05) is 47.4 Å². The lowest BCUT2D eigenvalue weighted by Gasteiger charge is -2.23. The SMILES string of the molecule is CC1(C)C(C(=O)O)=Cc2cc(-c3ccc(C(=O)N4CCCC4)cc3)ccc2N=C1N. The van der Waals surface area contributed by atoms with E-state index in [0.29, 0.717) is 16.8 Å². The summed E-state index contributed by atoms with van der Waals surface area (Å²) in [5.74, 6) is -0.671. The summed E-state index contributed by atoms with van der Waals surface area (Å²) in [5, 5.41) is 9.69. The number of aliphatic carboxylic acids is 1. The predicted molar refractivity (Wildman–Crippen MR) is 118 cm³/mol. The minimum Gasteiger partial charge on any atom is -0.478 e. The molecule has 2 aliphatic heterocycles. The number of carboxylic acid groups (broad SMARTS) is 1. The van der Waals surface area contributed by atoms with Gasteiger partial charge in [0.2, 0.25) is 0 Å². The van der Waals surface area contributed by atoms with Gasteiger partial charge in [0.1, 0.15) is 5.84 Å². The zero-order chi connectivity index (χ0) is 21.5. The molecule has 4 rings (SSSR count). The van der Waals surface area contributed by atoms with Gasteiger partial charge in [-0.2, -0.15) is 0 Å². The molecule has 0 aromatic heterocycles. The van der Waals surface area contributed by atoms with Crippen molar-refractivity contribution < 1.29 is 14.7 Å². The van der Waals surface area contributed by atoms with Gasteiger partial charge < -0.3 is 15.7 Å². The number of fused-ring (bicyclic) bond motifs is 1. The fourth-order valence-electron chi connectivity index (χ4n) is 3.93. The third-order valence-electron chi connectivity index (χ3n) is 5.97. The zero-order valence-electron chi connectivity index (χ0n) is 17.2. The molecule has 154 valence electrons. The monoisotopic (exact) mass is 403 g/mol. The Morgan fingerprint density at radius 1 is 1.03 bits per heavy atom. The number of carbonyl (C=O) groups is 2. The number of amides is 1. The van der Waals surface area contributed by atoms with Crippen molar-refractivity contribution in [1.82, 2.24) is 4.90 Å². The van der Waals surface area contributed by atoms with Crippen molar-refractivity contribution in [3.8, 4) is 11.1 Å². The van der Waals surface area contributed by atoms with Crippen molar-refractivity contribution in [1.29, 1.82) is 0 Å². The number of hydrogen-bond donors (Lipinski definition) is 2. The molecule has 6 nitrogen and oxygen atoms in total. The summed E-state index contributed by atoms with van der Waals surface area (Å²) in [6, 6.07) is 13.2. The molecule has 0 atom stereocenters. The van der Waals surface area contributed by atoms with E-state index in [-0.39, 0.29) is 17.3 Å². The van der Waals surface area contributed by atoms with Crippen molar-refractivity contribution in [2.75, 3.05) is 13.1 Å². The van der Waals surface area contributed by atoms with E-state index in [2.05, 4.69) is 4.99 Å². The van der Waals surface area contributed by atoms with Gasteiger partial charge in [0, 0.05) is 24.2 Å². The Morgan fingerprint density at radius 3 is 2.30 bits per heavy atom. The number of rotatable bonds is 3. The van der Waals surface area contributed by atoms with Crippen LogP contribution in [0.2, 0.25) is 0 Å². The second kappa shape index (κ2) is 7.44. The Labute approximate surface area is 175 Å². The second-order valence-corrected chi connectivity index (χ2v) is 8.34. The second-order valence-electron chi connectivity index (χ2n) is 8.34. The topological polar surface area (TPSA) is 96.0 Å². The lowest BCUT2D eigenvalue weighted by atomic mass is 9.82. The molecular weight excluding hydrogens is 378 g/mol. The van der Waals surface area contributed by atoms with Gasteiger partial charge in [-0.05, 0) is 68.2 Å². The Morgan fingerprint density at radius 2 is 1.67 bits per heavy atom. The molecule has 2 aliphatic rings. The van der Waals surface area contributed by atoms with Gasteiger partial charge >= 0.3 is 5.97 Å². The highest BCUT2D eigenvalue weighted by atomic mass is 16.4. The number of carboxylic acids is 1. The number of hydrogen-bond acceptors (Lipinski definition) is 4. The molecule has 0 bridgehead atoms. The number of benzene rings is 2. The Hall–Kier alpha value is -3.41. The highest BCUT2D eigenvalue weighted by Crippen LogP contribution is 2.37. The van der Waals surface area contributed by atoms with E-state index in [1.54, 1.807) is 19.9 Å². The summed E-state index contributed by atoms with van der Waals surface area (Å²) in [6.07, 6.45) is 3.78. The average Bonchev–Trinajstić information content (AvgIpc) is 3.23. The molecule has 2 heterocycles. The highest BCUT2D eigenvalue weighted by Gasteiger charge is 2.34. The lowest BCUT2D eigenvalue weighted by Crippen LogP contribution is -2.35. The molecule has 6 heteroatoms. The van der Waals surface area contributed by atoms with Crippen molar-refractivity contribution >= 4 is 29.5 Å². The van der Waals surface area contributed by atoms with Gasteiger partial charge in [0.25, 0.3) is 5.91 Å². The van der Waals surface area contributed by atoms with Crippen LogP contribution in [0.1, 0.15) is 42.6 Å². The summed E-state index contributed by atoms with van der Waals surface area (Å²) in [6.45, 7) is 5.16. The molecule has 3 N–H and O–H groups in total. The maximum Gasteiger partial charge on any atom is 0.332 e. The third-order valence-corrected chi connectivity index (χ3v) is 5.97. The van der Waals surface area contributed by atoms with Crippen LogP contribution in [0.5, 0.6) is 0 Å². The van der Waals surface area contributed by atoms with Gasteiger partial charge in [-0.15, -0.1) is 0 Å². The van der Waals surface area contributed by atoms with Crippen LogP contribution in [-0.2, 0) is 4.79 Å². The smallest absolute Gasteiger partial charge is 0.332 e. The van der Waals surface area contributed by atoms with E-state index in [9.17, 15) is 14.7 Å². The summed E-state index contributed by atoms with van der Waals surface area (Å²) in [7, 11) is 0. The standard InChI is InChI=1S/C24H25N3O3/c1-24(2)19(22(29)30)14-18-13-17(9-10-20(18)26-23(24)25)15-5-7-16(8-6-15)21(28)27-11-3-4-12-27/h5-10,13-14H,3-4,11-12H2,1-2H3,(H2,25,26)(H,29,30). The molecule has 30 heavy (non-hydrogen) atoms. The molecule has 0 saturated carbocycles. The Bertz CT molecular complexity index is 1080. The first kappa shape index (κ1) is 19.9. The van der Waals surface area contributed by atoms with Crippen LogP contribution in [0, 0.1) is 5.41 Å². The van der Waals surface area contributed by atoms with Crippen LogP contribution in [0.15, 0.2) is 53.0 Å². The molecule has 1 amide bonds. The van der Waals surface area contributed by atoms with Crippen LogP contribution in [0.3, 0.4) is 0 Å². The molecule has 1 saturated heterocycles. The molecule has 0 radical (unpaired) electrons. The number of nitrogens with zero attached hydrogens (tertiary/aromatic N) is 2. The molecule has 0 spiro atoms. The van der Waals surface area contributed by atoms with Crippen molar-refractivity contribution in [3.63, 3.8) is 0 Å². The normalized spacial score (nSPS) is 17.6. The number of carbonyl (C=O) groups excluding carboxylic acids is 1. The van der Waals surface area contributed by atoms with Crippen molar-refractivity contribution in [3.05, 3.63) is 59.2 Å². The van der Waals surface area contributed by atoms with Crippen LogP contribution >= 0.6 is 0 Å². The quantitative estimate of drug-likeness (QED) is 0.807. The average molecular weight is 403 g/mol. The maximum absolute atomic E-state index is 12.6. The Kier molecular flexibility index (Phi) is 4.94. The third kappa shape index (κ3) is 3.49. The van der Waals surface area contributed by atoms with E-state index in [0.717, 1.165) is 37.1 Å². The van der Waals surface area contributed by atoms with Crippen molar-refractivity contribution in [2.24, 2.45) is 16.1 Å². The molecule has 0 aliphatic carbocycles. The summed E-state index contributed by atoms with van der Waals surface area (Å²) in [5.41, 5.74) is 9.33. The Balaban J connectivity index is 1.69. The number of aliphatic imine (C=N–C) groups is 1. The van der Waals surface area contributed by atoms with Gasteiger partial charge in [-0.3, -0.25) is 4.79 Å². The maximum atomic E-state index is 12.6. The summed E-state index contributed by atoms with van der Waals surface area (Å²) < 4.78 is 0. The molecule has 1 fully saturated rings. The van der Waals surface area contributed by atoms with Crippen LogP contribution in [-0.4, -0.2) is 40.8 Å². The first-order valence-corrected chi connectivity index (χ1v) is 10.1. The van der Waals surface area contributed by atoms with Gasteiger partial charge in [-0.1, -0.05) is 18.2 Å². The summed E-state index contributed by atoms with van der Waals surface area (Å²) in [4.78, 5) is 30.7. The molecule has 2 aromatic rings. The number of amidine groups is 1. The highest BCUT2D eigenvalue weighted by molar-refractivity contribution is 6.06. The fourth-order valence-corrected chi connectivity index (χ4v) is 3.93. The molecule has 0 unspecified atom stereocenters. The minimum absolute atomic E-state index is 0.0713. The molecular formula is C24H25N3O3. The number of likely N-dealkylation sites (tertiary alicyclic amines) is 1. The fraction of sp³-hybridized carbons (Fsp3) is 0.292. The minimum atomic E-state index is -1.01. The zero-order valence-corrected chi connectivity index (χ0v) is 17.2. The summed E-state index contributed by atoms with van der Waals surface area (Å²) >= 11 is 0. The van der Waals surface area contributed by atoms with Gasteiger partial charge in [0.15, 0.2) is 0 Å². The van der Waals surface area contributed by atoms with E-state index in [1.165, 1.54) is 0 Å². The van der Waals surface area contributed by atoms with Gasteiger partial charge in [-0.25, -0.2) is 9.79 Å². The lowest BCUT2D eigenvalue weighted by molar-refractivity contribution is -0.133. The van der Waals surface area contributed by atoms with Crippen molar-refractivity contribution in [2.45, 2.75) is 26.7 Å². The van der Waals surface area contributed by atoms with Crippen LogP contribution in [0.25, 0.3) is 17.2 Å². The first-order valence-electron chi connectivity index (χ1n) is 10.1. The van der Waals surface area contributed by atoms with E-state index in [4.69, 9.17) is 5.73 Å². The van der Waals surface area contributed by atoms with Crippen LogP contribution < -0.4 is 5.73 Å². The predicted octanol–water partition coefficient (Wildman–Crippen LogP) is 4.09.